The molecule has 19 heavy (non-hydrogen) atoms. The van der Waals surface area contributed by atoms with Gasteiger partial charge in [0, 0.05) is 18.9 Å². The van der Waals surface area contributed by atoms with E-state index in [1.54, 1.807) is 0 Å². The van der Waals surface area contributed by atoms with E-state index < -0.39 is 0 Å². The maximum Gasteiger partial charge on any atom is 0.230 e. The van der Waals surface area contributed by atoms with Crippen molar-refractivity contribution < 1.29 is 9.59 Å². The van der Waals surface area contributed by atoms with Gasteiger partial charge in [-0.25, -0.2) is 0 Å². The Morgan fingerprint density at radius 2 is 2.05 bits per heavy atom. The zero-order chi connectivity index (χ0) is 13.2. The lowest BCUT2D eigenvalue weighted by molar-refractivity contribution is -0.136. The van der Waals surface area contributed by atoms with E-state index in [0.717, 1.165) is 25.9 Å². The van der Waals surface area contributed by atoms with Crippen LogP contribution in [0.5, 0.6) is 0 Å². The lowest BCUT2D eigenvalue weighted by Gasteiger charge is -2.22. The predicted octanol–water partition coefficient (Wildman–Crippen LogP) is 0.928. The summed E-state index contributed by atoms with van der Waals surface area (Å²) in [7, 11) is 0. The molecule has 1 saturated heterocycles. The van der Waals surface area contributed by atoms with E-state index in [1.165, 1.54) is 16.7 Å². The van der Waals surface area contributed by atoms with Crippen LogP contribution in [0, 0.1) is 5.92 Å². The van der Waals surface area contributed by atoms with Crippen molar-refractivity contribution in [2.45, 2.75) is 32.2 Å². The third kappa shape index (κ3) is 2.68. The van der Waals surface area contributed by atoms with Crippen LogP contribution in [-0.4, -0.2) is 18.4 Å². The molecule has 2 aliphatic heterocycles. The lowest BCUT2D eigenvalue weighted by Crippen LogP contribution is -2.41. The van der Waals surface area contributed by atoms with Crippen molar-refractivity contribution in [3.8, 4) is 0 Å². The molecule has 0 spiro atoms. The molecule has 3 rings (SSSR count). The molecule has 1 aromatic carbocycles. The quantitative estimate of drug-likeness (QED) is 0.776. The van der Waals surface area contributed by atoms with Crippen LogP contribution in [0.1, 0.15) is 29.5 Å². The summed E-state index contributed by atoms with van der Waals surface area (Å²) in [6.07, 6.45) is 2.92. The third-order valence-corrected chi connectivity index (χ3v) is 3.99. The number of carbonyl (C=O) groups is 2. The van der Waals surface area contributed by atoms with Crippen LogP contribution in [0.2, 0.25) is 0 Å². The number of piperidine rings is 1. The Kier molecular flexibility index (Phi) is 3.34. The van der Waals surface area contributed by atoms with Gasteiger partial charge in [0.1, 0.15) is 0 Å². The zero-order valence-corrected chi connectivity index (χ0v) is 10.9. The van der Waals surface area contributed by atoms with Gasteiger partial charge in [0.05, 0.1) is 0 Å². The van der Waals surface area contributed by atoms with Crippen molar-refractivity contribution in [2.24, 2.45) is 5.92 Å². The highest BCUT2D eigenvalue weighted by Crippen LogP contribution is 2.21. The second-order valence-electron chi connectivity index (χ2n) is 5.38. The summed E-state index contributed by atoms with van der Waals surface area (Å²) in [4.78, 5) is 22.9. The van der Waals surface area contributed by atoms with Gasteiger partial charge in [-0.2, -0.15) is 0 Å². The smallest absolute Gasteiger partial charge is 0.230 e. The lowest BCUT2D eigenvalue weighted by atomic mass is 9.89. The molecule has 2 heterocycles. The molecular weight excluding hydrogens is 240 g/mol. The number of imide groups is 1. The van der Waals surface area contributed by atoms with E-state index in [0.29, 0.717) is 12.8 Å². The van der Waals surface area contributed by atoms with Crippen molar-refractivity contribution in [2.75, 3.05) is 6.54 Å². The average Bonchev–Trinajstić information content (AvgIpc) is 2.42. The van der Waals surface area contributed by atoms with Gasteiger partial charge in [0.2, 0.25) is 11.8 Å². The number of rotatable bonds is 2. The molecule has 2 amide bonds. The predicted molar refractivity (Wildman–Crippen MR) is 71.4 cm³/mol. The first-order valence-electron chi connectivity index (χ1n) is 6.87. The minimum absolute atomic E-state index is 0.0579. The zero-order valence-electron chi connectivity index (χ0n) is 10.9. The van der Waals surface area contributed by atoms with Crippen molar-refractivity contribution in [3.05, 3.63) is 34.9 Å². The summed E-state index contributed by atoms with van der Waals surface area (Å²) in [5.74, 6) is -0.314. The molecule has 1 unspecified atom stereocenters. The van der Waals surface area contributed by atoms with Crippen molar-refractivity contribution in [3.63, 3.8) is 0 Å². The third-order valence-electron chi connectivity index (χ3n) is 3.99. The molecule has 2 N–H and O–H groups in total. The molecule has 1 aromatic rings. The van der Waals surface area contributed by atoms with E-state index in [2.05, 4.69) is 28.8 Å². The number of carbonyl (C=O) groups excluding carboxylic acids is 2. The van der Waals surface area contributed by atoms with Crippen LogP contribution in [0.4, 0.5) is 0 Å². The van der Waals surface area contributed by atoms with Gasteiger partial charge in [-0.3, -0.25) is 14.9 Å². The van der Waals surface area contributed by atoms with E-state index in [9.17, 15) is 9.59 Å². The molecule has 1 atom stereocenters. The Hall–Kier alpha value is -1.68. The number of benzene rings is 1. The summed E-state index contributed by atoms with van der Waals surface area (Å²) in [6, 6.07) is 6.48. The number of hydrogen-bond acceptors (Lipinski definition) is 3. The van der Waals surface area contributed by atoms with Crippen molar-refractivity contribution >= 4 is 11.8 Å². The normalized spacial score (nSPS) is 22.8. The van der Waals surface area contributed by atoms with Crippen LogP contribution in [-0.2, 0) is 29.0 Å². The van der Waals surface area contributed by atoms with Gasteiger partial charge in [0.15, 0.2) is 0 Å². The average molecular weight is 258 g/mol. The van der Waals surface area contributed by atoms with Gasteiger partial charge >= 0.3 is 0 Å². The first-order valence-corrected chi connectivity index (χ1v) is 6.87. The van der Waals surface area contributed by atoms with Crippen molar-refractivity contribution in [1.82, 2.24) is 10.6 Å². The Bertz CT molecular complexity index is 525. The molecule has 0 aliphatic carbocycles. The minimum atomic E-state index is -0.141. The van der Waals surface area contributed by atoms with E-state index in [4.69, 9.17) is 0 Å². The maximum atomic E-state index is 11.8. The van der Waals surface area contributed by atoms with E-state index >= 15 is 0 Å². The highest BCUT2D eigenvalue weighted by Gasteiger charge is 2.26. The summed E-state index contributed by atoms with van der Waals surface area (Å²) in [5.41, 5.74) is 3.96. The molecule has 0 bridgehead atoms. The van der Waals surface area contributed by atoms with Gasteiger partial charge in [-0.05, 0) is 42.5 Å². The molecule has 2 aliphatic rings. The van der Waals surface area contributed by atoms with Crippen LogP contribution in [0.25, 0.3) is 0 Å². The highest BCUT2D eigenvalue weighted by atomic mass is 16.2. The van der Waals surface area contributed by atoms with Gasteiger partial charge in [0.25, 0.3) is 0 Å². The Labute approximate surface area is 112 Å². The number of fused-ring (bicyclic) bond motifs is 1. The monoisotopic (exact) mass is 258 g/mol. The summed E-state index contributed by atoms with van der Waals surface area (Å²) in [5, 5.41) is 5.78. The van der Waals surface area contributed by atoms with Gasteiger partial charge in [-0.15, -0.1) is 0 Å². The fraction of sp³-hybridized carbons (Fsp3) is 0.467. The van der Waals surface area contributed by atoms with E-state index in [-0.39, 0.29) is 17.7 Å². The van der Waals surface area contributed by atoms with E-state index in [1.807, 2.05) is 0 Å². The topological polar surface area (TPSA) is 58.2 Å². The number of amides is 2. The summed E-state index contributed by atoms with van der Waals surface area (Å²) >= 11 is 0. The van der Waals surface area contributed by atoms with Crippen LogP contribution in [0.3, 0.4) is 0 Å². The highest BCUT2D eigenvalue weighted by molar-refractivity contribution is 5.98. The number of nitrogens with one attached hydrogen (secondary N) is 2. The molecule has 4 nitrogen and oxygen atoms in total. The fourth-order valence-electron chi connectivity index (χ4n) is 2.88. The standard InChI is InChI=1S/C15H18N2O2/c18-14-4-3-12(15(19)17-14)8-10-1-2-13-9-16-6-5-11(13)7-10/h1-2,7,12,16H,3-6,8-9H2,(H,17,18,19). The SMILES string of the molecule is O=C1CCC(Cc2ccc3c(c2)CCNC3)C(=O)N1. The second-order valence-corrected chi connectivity index (χ2v) is 5.38. The first kappa shape index (κ1) is 12.4. The number of hydrogen-bond donors (Lipinski definition) is 2. The molecule has 4 heteroatoms. The molecular formula is C15H18N2O2. The molecule has 0 aromatic heterocycles. The first-order chi connectivity index (χ1) is 9.22. The Balaban J connectivity index is 1.73. The van der Waals surface area contributed by atoms with Gasteiger partial charge < -0.3 is 5.32 Å². The maximum absolute atomic E-state index is 11.8. The molecule has 100 valence electrons. The van der Waals surface area contributed by atoms with Crippen LogP contribution in [0.15, 0.2) is 18.2 Å². The van der Waals surface area contributed by atoms with Crippen molar-refractivity contribution in [1.29, 1.82) is 0 Å². The molecule has 0 saturated carbocycles. The molecule has 1 fully saturated rings. The minimum Gasteiger partial charge on any atom is -0.312 e. The summed E-state index contributed by atoms with van der Waals surface area (Å²) in [6.45, 7) is 1.96. The summed E-state index contributed by atoms with van der Waals surface area (Å²) < 4.78 is 0. The van der Waals surface area contributed by atoms with Crippen LogP contribution < -0.4 is 10.6 Å². The van der Waals surface area contributed by atoms with Gasteiger partial charge in [-0.1, -0.05) is 18.2 Å². The Morgan fingerprint density at radius 3 is 2.89 bits per heavy atom. The molecule has 0 radical (unpaired) electrons. The fourth-order valence-corrected chi connectivity index (χ4v) is 2.88. The Morgan fingerprint density at radius 1 is 1.16 bits per heavy atom. The van der Waals surface area contributed by atoms with Crippen LogP contribution >= 0.6 is 0 Å². The second kappa shape index (κ2) is 5.13. The largest absolute Gasteiger partial charge is 0.312 e.